The molecule has 2 aliphatic heterocycles. The van der Waals surface area contributed by atoms with E-state index in [-0.39, 0.29) is 11.8 Å². The van der Waals surface area contributed by atoms with Crippen molar-refractivity contribution in [1.29, 1.82) is 0 Å². The number of hydrogen-bond acceptors (Lipinski definition) is 4. The molecule has 0 bridgehead atoms. The van der Waals surface area contributed by atoms with Gasteiger partial charge in [0.15, 0.2) is 0 Å². The average Bonchev–Trinajstić information content (AvgIpc) is 2.64. The minimum absolute atomic E-state index is 0.0513. The fraction of sp³-hybridized carbons (Fsp3) is 0.632. The zero-order chi connectivity index (χ0) is 18.9. The van der Waals surface area contributed by atoms with Gasteiger partial charge in [0.2, 0.25) is 15.9 Å². The molecule has 1 aromatic carbocycles. The van der Waals surface area contributed by atoms with Crippen LogP contribution in [0.4, 0.5) is 0 Å². The second-order valence-electron chi connectivity index (χ2n) is 7.55. The van der Waals surface area contributed by atoms with Crippen molar-refractivity contribution in [3.05, 3.63) is 29.3 Å². The fourth-order valence-electron chi connectivity index (χ4n) is 3.65. The molecule has 7 heteroatoms. The molecule has 0 saturated carbocycles. The first-order valence-electron chi connectivity index (χ1n) is 9.34. The molecule has 0 radical (unpaired) electrons. The Labute approximate surface area is 156 Å². The number of carbonyl (C=O) groups is 1. The Balaban J connectivity index is 1.62. The lowest BCUT2D eigenvalue weighted by Crippen LogP contribution is -2.50. The first-order chi connectivity index (χ1) is 12.3. The highest BCUT2D eigenvalue weighted by molar-refractivity contribution is 7.89. The Morgan fingerprint density at radius 1 is 0.962 bits per heavy atom. The maximum atomic E-state index is 12.9. The molecule has 3 rings (SSSR count). The molecule has 6 nitrogen and oxygen atoms in total. The van der Waals surface area contributed by atoms with E-state index in [4.69, 9.17) is 0 Å². The minimum atomic E-state index is -3.48. The molecule has 0 spiro atoms. The van der Waals surface area contributed by atoms with Crippen molar-refractivity contribution in [2.75, 3.05) is 46.3 Å². The van der Waals surface area contributed by atoms with Gasteiger partial charge in [-0.2, -0.15) is 4.31 Å². The summed E-state index contributed by atoms with van der Waals surface area (Å²) in [6.45, 7) is 8.10. The second-order valence-corrected chi connectivity index (χ2v) is 9.49. The molecular weight excluding hydrogens is 350 g/mol. The number of benzene rings is 1. The van der Waals surface area contributed by atoms with Gasteiger partial charge < -0.3 is 9.80 Å². The van der Waals surface area contributed by atoms with E-state index in [1.165, 1.54) is 4.31 Å². The number of hydrogen-bond donors (Lipinski definition) is 0. The van der Waals surface area contributed by atoms with Crippen LogP contribution in [-0.2, 0) is 14.8 Å². The van der Waals surface area contributed by atoms with Gasteiger partial charge in [-0.05, 0) is 57.0 Å². The minimum Gasteiger partial charge on any atom is -0.340 e. The third kappa shape index (κ3) is 3.94. The molecule has 2 saturated heterocycles. The lowest BCUT2D eigenvalue weighted by atomic mass is 9.96. The van der Waals surface area contributed by atoms with E-state index < -0.39 is 10.0 Å². The Hall–Kier alpha value is -1.44. The third-order valence-electron chi connectivity index (χ3n) is 5.73. The molecule has 144 valence electrons. The van der Waals surface area contributed by atoms with Crippen LogP contribution in [0.25, 0.3) is 0 Å². The van der Waals surface area contributed by atoms with E-state index in [2.05, 4.69) is 11.9 Å². The summed E-state index contributed by atoms with van der Waals surface area (Å²) >= 11 is 0. The van der Waals surface area contributed by atoms with E-state index in [1.54, 1.807) is 12.1 Å². The van der Waals surface area contributed by atoms with Crippen LogP contribution in [0.5, 0.6) is 0 Å². The van der Waals surface area contributed by atoms with Crippen molar-refractivity contribution in [2.24, 2.45) is 5.92 Å². The summed E-state index contributed by atoms with van der Waals surface area (Å²) in [5.41, 5.74) is 2.06. The number of carbonyl (C=O) groups excluding carboxylic acids is 1. The number of aryl methyl sites for hydroxylation is 2. The van der Waals surface area contributed by atoms with Crippen LogP contribution in [0.2, 0.25) is 0 Å². The van der Waals surface area contributed by atoms with Gasteiger partial charge in [0.25, 0.3) is 0 Å². The highest BCUT2D eigenvalue weighted by atomic mass is 32.2. The van der Waals surface area contributed by atoms with Gasteiger partial charge in [-0.1, -0.05) is 6.07 Å². The molecule has 0 aliphatic carbocycles. The SMILES string of the molecule is Cc1ccc(S(=O)(=O)N2CCC(C(=O)N3CCN(C)CC3)CC2)cc1C. The molecule has 2 fully saturated rings. The van der Waals surface area contributed by atoms with Gasteiger partial charge in [-0.3, -0.25) is 4.79 Å². The number of likely N-dealkylation sites (N-methyl/N-ethyl adjacent to an activating group) is 1. The highest BCUT2D eigenvalue weighted by Crippen LogP contribution is 2.26. The Morgan fingerprint density at radius 3 is 2.15 bits per heavy atom. The van der Waals surface area contributed by atoms with Gasteiger partial charge >= 0.3 is 0 Å². The smallest absolute Gasteiger partial charge is 0.243 e. The molecule has 0 atom stereocenters. The molecule has 2 aliphatic rings. The second kappa shape index (κ2) is 7.66. The van der Waals surface area contributed by atoms with Crippen molar-refractivity contribution in [3.8, 4) is 0 Å². The van der Waals surface area contributed by atoms with Gasteiger partial charge in [0.05, 0.1) is 4.90 Å². The van der Waals surface area contributed by atoms with Gasteiger partial charge in [-0.15, -0.1) is 0 Å². The van der Waals surface area contributed by atoms with E-state index >= 15 is 0 Å². The summed E-state index contributed by atoms with van der Waals surface area (Å²) in [7, 11) is -1.41. The predicted molar refractivity (Wildman–Crippen MR) is 101 cm³/mol. The van der Waals surface area contributed by atoms with Gasteiger partial charge in [0.1, 0.15) is 0 Å². The quantitative estimate of drug-likeness (QED) is 0.798. The van der Waals surface area contributed by atoms with Crippen molar-refractivity contribution >= 4 is 15.9 Å². The normalized spacial score (nSPS) is 21.1. The van der Waals surface area contributed by atoms with Crippen LogP contribution in [-0.4, -0.2) is 74.7 Å². The lowest BCUT2D eigenvalue weighted by Gasteiger charge is -2.37. The summed E-state index contributed by atoms with van der Waals surface area (Å²) in [6.07, 6.45) is 1.21. The Morgan fingerprint density at radius 2 is 1.58 bits per heavy atom. The molecule has 0 unspecified atom stereocenters. The molecule has 2 heterocycles. The monoisotopic (exact) mass is 379 g/mol. The molecule has 1 amide bonds. The van der Waals surface area contributed by atoms with Crippen molar-refractivity contribution < 1.29 is 13.2 Å². The number of sulfonamides is 1. The summed E-state index contributed by atoms with van der Waals surface area (Å²) in [4.78, 5) is 17.2. The molecule has 0 N–H and O–H groups in total. The van der Waals surface area contributed by atoms with Crippen LogP contribution in [0.15, 0.2) is 23.1 Å². The summed E-state index contributed by atoms with van der Waals surface area (Å²) in [5, 5.41) is 0. The maximum absolute atomic E-state index is 12.9. The van der Waals surface area contributed by atoms with Crippen LogP contribution in [0, 0.1) is 19.8 Å². The molecule has 26 heavy (non-hydrogen) atoms. The summed E-state index contributed by atoms with van der Waals surface area (Å²) < 4.78 is 27.3. The number of piperidine rings is 1. The average molecular weight is 380 g/mol. The number of nitrogens with zero attached hydrogens (tertiary/aromatic N) is 3. The molecule has 0 aromatic heterocycles. The van der Waals surface area contributed by atoms with E-state index in [0.29, 0.717) is 30.8 Å². The topological polar surface area (TPSA) is 60.9 Å². The van der Waals surface area contributed by atoms with Crippen molar-refractivity contribution in [1.82, 2.24) is 14.1 Å². The van der Waals surface area contributed by atoms with Crippen LogP contribution in [0.3, 0.4) is 0 Å². The van der Waals surface area contributed by atoms with Crippen LogP contribution in [0.1, 0.15) is 24.0 Å². The first-order valence-corrected chi connectivity index (χ1v) is 10.8. The first kappa shape index (κ1) is 19.3. The largest absolute Gasteiger partial charge is 0.340 e. The maximum Gasteiger partial charge on any atom is 0.243 e. The van der Waals surface area contributed by atoms with Gasteiger partial charge in [0, 0.05) is 45.2 Å². The number of rotatable bonds is 3. The zero-order valence-corrected chi connectivity index (χ0v) is 16.8. The summed E-state index contributed by atoms with van der Waals surface area (Å²) in [5.74, 6) is 0.144. The van der Waals surface area contributed by atoms with Crippen molar-refractivity contribution in [3.63, 3.8) is 0 Å². The van der Waals surface area contributed by atoms with E-state index in [0.717, 1.165) is 37.3 Å². The third-order valence-corrected chi connectivity index (χ3v) is 7.63. The standard InChI is InChI=1S/C19H29N3O3S/c1-15-4-5-18(14-16(15)2)26(24,25)22-8-6-17(7-9-22)19(23)21-12-10-20(3)11-13-21/h4-5,14,17H,6-13H2,1-3H3. The lowest BCUT2D eigenvalue weighted by molar-refractivity contribution is -0.138. The zero-order valence-electron chi connectivity index (χ0n) is 15.9. The van der Waals surface area contributed by atoms with E-state index in [9.17, 15) is 13.2 Å². The van der Waals surface area contributed by atoms with Crippen molar-refractivity contribution in [2.45, 2.75) is 31.6 Å². The highest BCUT2D eigenvalue weighted by Gasteiger charge is 2.34. The number of amides is 1. The fourth-order valence-corrected chi connectivity index (χ4v) is 5.21. The van der Waals surface area contributed by atoms with Crippen LogP contribution >= 0.6 is 0 Å². The van der Waals surface area contributed by atoms with E-state index in [1.807, 2.05) is 24.8 Å². The Kier molecular flexibility index (Phi) is 5.69. The van der Waals surface area contributed by atoms with Crippen LogP contribution < -0.4 is 0 Å². The molecule has 1 aromatic rings. The molecular formula is C19H29N3O3S. The Bertz CT molecular complexity index is 762. The van der Waals surface area contributed by atoms with Gasteiger partial charge in [-0.25, -0.2) is 8.42 Å². The predicted octanol–water partition coefficient (Wildman–Crippen LogP) is 1.48. The number of piperazine rings is 1. The summed E-state index contributed by atoms with van der Waals surface area (Å²) in [6, 6.07) is 5.27.